The van der Waals surface area contributed by atoms with Gasteiger partial charge in [0, 0.05) is 4.88 Å². The Bertz CT molecular complexity index is 307. The fourth-order valence-corrected chi connectivity index (χ4v) is 2.17. The van der Waals surface area contributed by atoms with Gasteiger partial charge in [-0.25, -0.2) is 4.98 Å². The van der Waals surface area contributed by atoms with E-state index in [0.717, 1.165) is 28.4 Å². The van der Waals surface area contributed by atoms with Crippen LogP contribution in [0.25, 0.3) is 0 Å². The van der Waals surface area contributed by atoms with E-state index in [1.807, 2.05) is 6.92 Å². The molecule has 0 fully saturated rings. The van der Waals surface area contributed by atoms with Crippen molar-refractivity contribution in [3.63, 3.8) is 0 Å². The minimum atomic E-state index is -0.809. The van der Waals surface area contributed by atoms with Crippen LogP contribution < -0.4 is 0 Å². The largest absolute Gasteiger partial charge is 0.481 e. The number of nitrogens with zero attached hydrogens (tertiary/aromatic N) is 1. The Balaban J connectivity index is 2.77. The molecule has 1 rings (SSSR count). The molecule has 13 heavy (non-hydrogen) atoms. The lowest BCUT2D eigenvalue weighted by molar-refractivity contribution is -0.136. The predicted molar refractivity (Wildman–Crippen MR) is 52.2 cm³/mol. The maximum Gasteiger partial charge on any atom is 0.309 e. The zero-order valence-electron chi connectivity index (χ0n) is 7.83. The second-order valence-electron chi connectivity index (χ2n) is 2.93. The molecule has 0 saturated carbocycles. The van der Waals surface area contributed by atoms with E-state index >= 15 is 0 Å². The average Bonchev–Trinajstić information content (AvgIpc) is 2.31. The molecule has 72 valence electrons. The van der Waals surface area contributed by atoms with Crippen molar-refractivity contribution in [3.8, 4) is 0 Å². The van der Waals surface area contributed by atoms with Crippen LogP contribution in [0, 0.1) is 6.92 Å². The molecule has 1 N–H and O–H groups in total. The topological polar surface area (TPSA) is 50.2 Å². The number of aryl methyl sites for hydroxylation is 2. The van der Waals surface area contributed by atoms with Crippen LogP contribution in [0.4, 0.5) is 0 Å². The lowest BCUT2D eigenvalue weighted by atomic mass is 10.3. The van der Waals surface area contributed by atoms with Gasteiger partial charge in [0.25, 0.3) is 0 Å². The second-order valence-corrected chi connectivity index (χ2v) is 4.22. The summed E-state index contributed by atoms with van der Waals surface area (Å²) in [6.45, 7) is 4.02. The molecule has 0 spiro atoms. The van der Waals surface area contributed by atoms with Crippen LogP contribution in [-0.4, -0.2) is 16.1 Å². The zero-order valence-corrected chi connectivity index (χ0v) is 8.65. The van der Waals surface area contributed by atoms with Crippen LogP contribution in [0.1, 0.15) is 28.9 Å². The number of carbonyl (C=O) groups is 1. The van der Waals surface area contributed by atoms with Crippen LogP contribution >= 0.6 is 11.3 Å². The quantitative estimate of drug-likeness (QED) is 0.807. The van der Waals surface area contributed by atoms with Crippen molar-refractivity contribution < 1.29 is 9.90 Å². The highest BCUT2D eigenvalue weighted by Gasteiger charge is 2.09. The van der Waals surface area contributed by atoms with Gasteiger partial charge < -0.3 is 5.11 Å². The van der Waals surface area contributed by atoms with Gasteiger partial charge in [0.15, 0.2) is 0 Å². The lowest BCUT2D eigenvalue weighted by Crippen LogP contribution is -2.01. The first-order chi connectivity index (χ1) is 6.13. The molecule has 0 unspecified atom stereocenters. The standard InChI is InChI=1S/C9H13NO2S/c1-3-4-8-10-7(5-9(11)12)6(2)13-8/h3-5H2,1-2H3,(H,11,12). The zero-order chi connectivity index (χ0) is 9.84. The summed E-state index contributed by atoms with van der Waals surface area (Å²) in [5, 5.41) is 9.65. The van der Waals surface area contributed by atoms with Crippen LogP contribution in [-0.2, 0) is 17.6 Å². The van der Waals surface area contributed by atoms with Gasteiger partial charge in [0.2, 0.25) is 0 Å². The third-order valence-electron chi connectivity index (χ3n) is 1.72. The number of aliphatic carboxylic acids is 1. The van der Waals surface area contributed by atoms with Crippen LogP contribution in [0.5, 0.6) is 0 Å². The molecule has 3 nitrogen and oxygen atoms in total. The molecule has 0 saturated heterocycles. The summed E-state index contributed by atoms with van der Waals surface area (Å²) in [5.74, 6) is -0.809. The van der Waals surface area contributed by atoms with Gasteiger partial charge in [-0.2, -0.15) is 0 Å². The predicted octanol–water partition coefficient (Wildman–Crippen LogP) is 2.03. The van der Waals surface area contributed by atoms with Crippen molar-refractivity contribution in [2.24, 2.45) is 0 Å². The Kier molecular flexibility index (Phi) is 3.42. The van der Waals surface area contributed by atoms with E-state index in [9.17, 15) is 4.79 Å². The Morgan fingerprint density at radius 1 is 1.62 bits per heavy atom. The van der Waals surface area contributed by atoms with E-state index in [-0.39, 0.29) is 6.42 Å². The van der Waals surface area contributed by atoms with Gasteiger partial charge in [0.05, 0.1) is 17.1 Å². The molecule has 0 amide bonds. The van der Waals surface area contributed by atoms with Crippen molar-refractivity contribution >= 4 is 17.3 Å². The molecule has 1 heterocycles. The van der Waals surface area contributed by atoms with Crippen molar-refractivity contribution in [2.75, 3.05) is 0 Å². The molecule has 0 bridgehead atoms. The fourth-order valence-electron chi connectivity index (χ4n) is 1.12. The molecule has 0 aromatic carbocycles. The molecule has 0 aliphatic heterocycles. The summed E-state index contributed by atoms with van der Waals surface area (Å²) < 4.78 is 0. The first kappa shape index (κ1) is 10.2. The summed E-state index contributed by atoms with van der Waals surface area (Å²) in [5.41, 5.74) is 0.723. The van der Waals surface area contributed by atoms with Gasteiger partial charge in [-0.1, -0.05) is 6.92 Å². The number of rotatable bonds is 4. The molecule has 1 aromatic heterocycles. The highest BCUT2D eigenvalue weighted by molar-refractivity contribution is 7.11. The molecule has 0 aliphatic carbocycles. The highest BCUT2D eigenvalue weighted by Crippen LogP contribution is 2.19. The smallest absolute Gasteiger partial charge is 0.309 e. The number of thiazole rings is 1. The summed E-state index contributed by atoms with van der Waals surface area (Å²) in [4.78, 5) is 15.8. The molecule has 0 atom stereocenters. The van der Waals surface area contributed by atoms with E-state index in [1.165, 1.54) is 0 Å². The second kappa shape index (κ2) is 4.37. The van der Waals surface area contributed by atoms with E-state index < -0.39 is 5.97 Å². The molecule has 1 aromatic rings. The monoisotopic (exact) mass is 199 g/mol. The lowest BCUT2D eigenvalue weighted by Gasteiger charge is -1.90. The SMILES string of the molecule is CCCc1nc(CC(=O)O)c(C)s1. The molecular weight excluding hydrogens is 186 g/mol. The Labute approximate surface area is 81.4 Å². The van der Waals surface area contributed by atoms with Gasteiger partial charge in [-0.3, -0.25) is 4.79 Å². The summed E-state index contributed by atoms with van der Waals surface area (Å²) in [6, 6.07) is 0. The van der Waals surface area contributed by atoms with E-state index in [2.05, 4.69) is 11.9 Å². The molecule has 0 aliphatic rings. The Morgan fingerprint density at radius 2 is 2.31 bits per heavy atom. The van der Waals surface area contributed by atoms with Crippen LogP contribution in [0.3, 0.4) is 0 Å². The fraction of sp³-hybridized carbons (Fsp3) is 0.556. The molecule has 4 heteroatoms. The third kappa shape index (κ3) is 2.81. The van der Waals surface area contributed by atoms with Crippen molar-refractivity contribution in [1.82, 2.24) is 4.98 Å². The number of carboxylic acids is 1. The normalized spacial score (nSPS) is 10.3. The van der Waals surface area contributed by atoms with E-state index in [4.69, 9.17) is 5.11 Å². The van der Waals surface area contributed by atoms with Crippen molar-refractivity contribution in [1.29, 1.82) is 0 Å². The first-order valence-electron chi connectivity index (χ1n) is 4.30. The van der Waals surface area contributed by atoms with Crippen molar-refractivity contribution in [2.45, 2.75) is 33.1 Å². The maximum atomic E-state index is 10.5. The number of hydrogen-bond acceptors (Lipinski definition) is 3. The number of aromatic nitrogens is 1. The number of hydrogen-bond donors (Lipinski definition) is 1. The van der Waals surface area contributed by atoms with Crippen LogP contribution in [0.15, 0.2) is 0 Å². The maximum absolute atomic E-state index is 10.5. The highest BCUT2D eigenvalue weighted by atomic mass is 32.1. The third-order valence-corrected chi connectivity index (χ3v) is 2.79. The van der Waals surface area contributed by atoms with Gasteiger partial charge in [-0.15, -0.1) is 11.3 Å². The van der Waals surface area contributed by atoms with Gasteiger partial charge in [0.1, 0.15) is 0 Å². The minimum Gasteiger partial charge on any atom is -0.481 e. The first-order valence-corrected chi connectivity index (χ1v) is 5.12. The minimum absolute atomic E-state index is 0.0477. The summed E-state index contributed by atoms with van der Waals surface area (Å²) >= 11 is 1.61. The summed E-state index contributed by atoms with van der Waals surface area (Å²) in [7, 11) is 0. The molecular formula is C9H13NO2S. The number of carboxylic acid groups (broad SMARTS) is 1. The molecule has 0 radical (unpaired) electrons. The van der Waals surface area contributed by atoms with Gasteiger partial charge >= 0.3 is 5.97 Å². The Morgan fingerprint density at radius 3 is 2.85 bits per heavy atom. The Hall–Kier alpha value is -0.900. The van der Waals surface area contributed by atoms with Crippen LogP contribution in [0.2, 0.25) is 0 Å². The van der Waals surface area contributed by atoms with E-state index in [0.29, 0.717) is 0 Å². The summed E-state index contributed by atoms with van der Waals surface area (Å²) in [6.07, 6.45) is 2.05. The van der Waals surface area contributed by atoms with Gasteiger partial charge in [-0.05, 0) is 19.8 Å². The van der Waals surface area contributed by atoms with E-state index in [1.54, 1.807) is 11.3 Å². The van der Waals surface area contributed by atoms with Crippen molar-refractivity contribution in [3.05, 3.63) is 15.6 Å². The average molecular weight is 199 g/mol.